The Kier molecular flexibility index (Phi) is 5.64. The van der Waals surface area contributed by atoms with Crippen molar-refractivity contribution in [2.75, 3.05) is 13.1 Å². The van der Waals surface area contributed by atoms with Gasteiger partial charge in [-0.2, -0.15) is 13.2 Å². The smallest absolute Gasteiger partial charge is 0.406 e. The molecule has 1 aliphatic rings. The van der Waals surface area contributed by atoms with E-state index >= 15 is 0 Å². The van der Waals surface area contributed by atoms with Crippen LogP contribution >= 0.6 is 0 Å². The van der Waals surface area contributed by atoms with Crippen LogP contribution in [0.3, 0.4) is 0 Å². The minimum atomic E-state index is -4.62. The van der Waals surface area contributed by atoms with Gasteiger partial charge in [0.05, 0.1) is 0 Å². The highest BCUT2D eigenvalue weighted by molar-refractivity contribution is 5.80. The first kappa shape index (κ1) is 16.6. The number of halogens is 3. The number of rotatable bonds is 5. The number of nitrogens with one attached hydrogen (secondary N) is 1. The highest BCUT2D eigenvalue weighted by Gasteiger charge is 2.35. The van der Waals surface area contributed by atoms with Crippen molar-refractivity contribution in [3.8, 4) is 0 Å². The van der Waals surface area contributed by atoms with E-state index in [4.69, 9.17) is 5.11 Å². The van der Waals surface area contributed by atoms with Crippen molar-refractivity contribution in [1.82, 2.24) is 10.2 Å². The van der Waals surface area contributed by atoms with Crippen LogP contribution in [0.5, 0.6) is 0 Å². The van der Waals surface area contributed by atoms with E-state index < -0.39 is 31.3 Å². The molecule has 1 aliphatic carbocycles. The van der Waals surface area contributed by atoms with Gasteiger partial charge in [-0.1, -0.05) is 12.8 Å². The van der Waals surface area contributed by atoms with Gasteiger partial charge in [-0.25, -0.2) is 4.79 Å². The summed E-state index contributed by atoms with van der Waals surface area (Å²) in [5.74, 6) is -1.23. The fourth-order valence-electron chi connectivity index (χ4n) is 2.44. The molecule has 0 radical (unpaired) electrons. The van der Waals surface area contributed by atoms with Gasteiger partial charge in [-0.3, -0.25) is 4.79 Å². The van der Waals surface area contributed by atoms with E-state index in [2.05, 4.69) is 5.32 Å². The Bertz CT molecular complexity index is 354. The molecule has 0 aromatic carbocycles. The summed E-state index contributed by atoms with van der Waals surface area (Å²) in [5, 5.41) is 11.1. The number of hydrogen-bond acceptors (Lipinski definition) is 2. The Morgan fingerprint density at radius 3 is 2.35 bits per heavy atom. The Balaban J connectivity index is 2.59. The molecule has 0 saturated heterocycles. The molecule has 1 atom stereocenters. The summed E-state index contributed by atoms with van der Waals surface area (Å²) in [6.45, 7) is -0.800. The Morgan fingerprint density at radius 1 is 1.35 bits per heavy atom. The van der Waals surface area contributed by atoms with Crippen LogP contribution in [0.2, 0.25) is 0 Å². The third-order valence-corrected chi connectivity index (χ3v) is 3.44. The first-order valence-electron chi connectivity index (χ1n) is 6.53. The van der Waals surface area contributed by atoms with Crippen LogP contribution in [0.15, 0.2) is 0 Å². The number of nitrogens with zero attached hydrogens (tertiary/aromatic N) is 1. The first-order valence-corrected chi connectivity index (χ1v) is 6.53. The summed E-state index contributed by atoms with van der Waals surface area (Å²) in [4.78, 5) is 22.6. The molecule has 20 heavy (non-hydrogen) atoms. The SMILES string of the molecule is CC(NC(=O)N(CC(=O)O)CC(F)(F)F)C1CCCC1. The zero-order valence-corrected chi connectivity index (χ0v) is 11.2. The minimum Gasteiger partial charge on any atom is -0.480 e. The lowest BCUT2D eigenvalue weighted by atomic mass is 10.0. The van der Waals surface area contributed by atoms with E-state index in [9.17, 15) is 22.8 Å². The van der Waals surface area contributed by atoms with E-state index in [-0.39, 0.29) is 16.9 Å². The van der Waals surface area contributed by atoms with Crippen LogP contribution in [0, 0.1) is 5.92 Å². The number of amides is 2. The van der Waals surface area contributed by atoms with Crippen LogP contribution in [0.25, 0.3) is 0 Å². The third-order valence-electron chi connectivity index (χ3n) is 3.44. The summed E-state index contributed by atoms with van der Waals surface area (Å²) in [5.41, 5.74) is 0. The molecule has 0 bridgehead atoms. The van der Waals surface area contributed by atoms with Crippen LogP contribution in [-0.4, -0.2) is 47.3 Å². The predicted molar refractivity (Wildman–Crippen MR) is 65.2 cm³/mol. The van der Waals surface area contributed by atoms with Crippen molar-refractivity contribution in [1.29, 1.82) is 0 Å². The average molecular weight is 296 g/mol. The molecular formula is C12H19F3N2O3. The standard InChI is InChI=1S/C12H19F3N2O3/c1-8(9-4-2-3-5-9)16-11(20)17(6-10(18)19)7-12(13,14)15/h8-9H,2-7H2,1H3,(H,16,20)(H,18,19). The summed E-state index contributed by atoms with van der Waals surface area (Å²) < 4.78 is 37.0. The normalized spacial score (nSPS) is 17.8. The van der Waals surface area contributed by atoms with Gasteiger partial charge in [0.1, 0.15) is 13.1 Å². The molecule has 5 nitrogen and oxygen atoms in total. The largest absolute Gasteiger partial charge is 0.480 e. The second-order valence-corrected chi connectivity index (χ2v) is 5.15. The highest BCUT2D eigenvalue weighted by Crippen LogP contribution is 2.27. The molecule has 0 spiro atoms. The molecular weight excluding hydrogens is 277 g/mol. The van der Waals surface area contributed by atoms with Crippen LogP contribution in [0.4, 0.5) is 18.0 Å². The third kappa shape index (κ3) is 5.66. The highest BCUT2D eigenvalue weighted by atomic mass is 19.4. The average Bonchev–Trinajstić information content (AvgIpc) is 2.78. The molecule has 0 aromatic rings. The molecule has 1 fully saturated rings. The number of carbonyl (C=O) groups is 2. The predicted octanol–water partition coefficient (Wildman–Crippen LogP) is 2.22. The van der Waals surface area contributed by atoms with Crippen molar-refractivity contribution < 1.29 is 27.9 Å². The molecule has 116 valence electrons. The maximum absolute atomic E-state index is 12.3. The molecule has 2 N–H and O–H groups in total. The van der Waals surface area contributed by atoms with Gasteiger partial charge in [0.25, 0.3) is 0 Å². The van der Waals surface area contributed by atoms with Crippen LogP contribution in [-0.2, 0) is 4.79 Å². The molecule has 0 aromatic heterocycles. The molecule has 8 heteroatoms. The van der Waals surface area contributed by atoms with Crippen molar-refractivity contribution in [2.45, 2.75) is 44.8 Å². The maximum atomic E-state index is 12.3. The lowest BCUT2D eigenvalue weighted by Gasteiger charge is -2.27. The fourth-order valence-corrected chi connectivity index (χ4v) is 2.44. The molecule has 0 aliphatic heterocycles. The van der Waals surface area contributed by atoms with E-state index in [0.29, 0.717) is 0 Å². The van der Waals surface area contributed by atoms with Crippen molar-refractivity contribution in [3.05, 3.63) is 0 Å². The van der Waals surface area contributed by atoms with E-state index in [1.54, 1.807) is 6.92 Å². The number of carbonyl (C=O) groups excluding carboxylic acids is 1. The molecule has 1 unspecified atom stereocenters. The lowest BCUT2D eigenvalue weighted by Crippen LogP contribution is -2.50. The van der Waals surface area contributed by atoms with Gasteiger partial charge in [0.2, 0.25) is 0 Å². The van der Waals surface area contributed by atoms with Gasteiger partial charge < -0.3 is 15.3 Å². The zero-order chi connectivity index (χ0) is 15.3. The fraction of sp³-hybridized carbons (Fsp3) is 0.833. The number of carboxylic acids is 1. The van der Waals surface area contributed by atoms with E-state index in [1.165, 1.54) is 0 Å². The Hall–Kier alpha value is -1.47. The van der Waals surface area contributed by atoms with Crippen molar-refractivity contribution in [2.24, 2.45) is 5.92 Å². The Labute approximate surface area is 115 Å². The number of aliphatic carboxylic acids is 1. The van der Waals surface area contributed by atoms with Crippen LogP contribution in [0.1, 0.15) is 32.6 Å². The topological polar surface area (TPSA) is 69.6 Å². The minimum absolute atomic E-state index is 0.247. The summed E-state index contributed by atoms with van der Waals surface area (Å²) in [6, 6.07) is -1.24. The Morgan fingerprint density at radius 2 is 1.90 bits per heavy atom. The van der Waals surface area contributed by atoms with E-state index in [1.807, 2.05) is 0 Å². The van der Waals surface area contributed by atoms with Crippen LogP contribution < -0.4 is 5.32 Å². The summed E-state index contributed by atoms with van der Waals surface area (Å²) in [7, 11) is 0. The quantitative estimate of drug-likeness (QED) is 0.817. The molecule has 0 heterocycles. The molecule has 2 amide bonds. The van der Waals surface area contributed by atoms with Gasteiger partial charge in [-0.05, 0) is 25.7 Å². The van der Waals surface area contributed by atoms with Gasteiger partial charge in [0, 0.05) is 6.04 Å². The second-order valence-electron chi connectivity index (χ2n) is 5.15. The number of carboxylic acid groups (broad SMARTS) is 1. The maximum Gasteiger partial charge on any atom is 0.406 e. The zero-order valence-electron chi connectivity index (χ0n) is 11.2. The number of urea groups is 1. The molecule has 1 rings (SSSR count). The monoisotopic (exact) mass is 296 g/mol. The van der Waals surface area contributed by atoms with Gasteiger partial charge in [0.15, 0.2) is 0 Å². The lowest BCUT2D eigenvalue weighted by molar-refractivity contribution is -0.149. The van der Waals surface area contributed by atoms with E-state index in [0.717, 1.165) is 25.7 Å². The number of hydrogen-bond donors (Lipinski definition) is 2. The van der Waals surface area contributed by atoms with Crippen molar-refractivity contribution in [3.63, 3.8) is 0 Å². The van der Waals surface area contributed by atoms with Gasteiger partial charge in [-0.15, -0.1) is 0 Å². The first-order chi connectivity index (χ1) is 9.19. The van der Waals surface area contributed by atoms with Crippen molar-refractivity contribution >= 4 is 12.0 Å². The number of alkyl halides is 3. The second kappa shape index (κ2) is 6.81. The summed E-state index contributed by atoms with van der Waals surface area (Å²) >= 11 is 0. The molecule has 1 saturated carbocycles. The summed E-state index contributed by atoms with van der Waals surface area (Å²) in [6.07, 6.45) is -0.665. The van der Waals surface area contributed by atoms with Gasteiger partial charge >= 0.3 is 18.2 Å².